The van der Waals surface area contributed by atoms with E-state index in [-0.39, 0.29) is 17.3 Å². The third kappa shape index (κ3) is 2.06. The lowest BCUT2D eigenvalue weighted by atomic mass is 10.0. The largest absolute Gasteiger partial charge is 0.508 e. The van der Waals surface area contributed by atoms with Crippen LogP contribution >= 0.6 is 0 Å². The van der Waals surface area contributed by atoms with E-state index >= 15 is 0 Å². The number of aromatic nitrogens is 1. The maximum absolute atomic E-state index is 12.6. The Morgan fingerprint density at radius 1 is 1.21 bits per heavy atom. The first kappa shape index (κ1) is 14.4. The number of rotatable bonds is 2. The number of aromatic hydroxyl groups is 1. The van der Waals surface area contributed by atoms with Gasteiger partial charge >= 0.3 is 0 Å². The van der Waals surface area contributed by atoms with Crippen LogP contribution in [0.15, 0.2) is 48.4 Å². The van der Waals surface area contributed by atoms with Crippen LogP contribution < -0.4 is 9.47 Å². The number of allylic oxidation sites excluding steroid dienone is 2. The second kappa shape index (κ2) is 5.16. The van der Waals surface area contributed by atoms with Crippen LogP contribution in [0.5, 0.6) is 17.2 Å². The van der Waals surface area contributed by atoms with Crippen molar-refractivity contribution in [2.75, 3.05) is 7.11 Å². The van der Waals surface area contributed by atoms with E-state index in [0.29, 0.717) is 11.3 Å². The first-order valence-corrected chi connectivity index (χ1v) is 7.50. The van der Waals surface area contributed by atoms with Crippen LogP contribution in [0.1, 0.15) is 22.8 Å². The summed E-state index contributed by atoms with van der Waals surface area (Å²) in [6.45, 7) is 1.85. The van der Waals surface area contributed by atoms with Crippen LogP contribution in [0.2, 0.25) is 0 Å². The van der Waals surface area contributed by atoms with Gasteiger partial charge in [-0.3, -0.25) is 4.79 Å². The molecule has 0 bridgehead atoms. The highest BCUT2D eigenvalue weighted by Gasteiger charge is 2.30. The van der Waals surface area contributed by atoms with Gasteiger partial charge in [-0.05, 0) is 37.3 Å². The van der Waals surface area contributed by atoms with E-state index in [1.54, 1.807) is 13.2 Å². The maximum atomic E-state index is 12.6. The molecule has 0 unspecified atom stereocenters. The zero-order chi connectivity index (χ0) is 16.8. The van der Waals surface area contributed by atoms with Crippen molar-refractivity contribution >= 4 is 22.3 Å². The van der Waals surface area contributed by atoms with Gasteiger partial charge in [0.25, 0.3) is 0 Å². The van der Waals surface area contributed by atoms with Crippen molar-refractivity contribution in [2.24, 2.45) is 0 Å². The summed E-state index contributed by atoms with van der Waals surface area (Å²) >= 11 is 0. The average molecular weight is 321 g/mol. The summed E-state index contributed by atoms with van der Waals surface area (Å²) in [5, 5.41) is 10.5. The molecule has 2 aromatic carbocycles. The van der Waals surface area contributed by atoms with Gasteiger partial charge in [0.2, 0.25) is 5.78 Å². The van der Waals surface area contributed by atoms with Crippen molar-refractivity contribution in [3.8, 4) is 17.2 Å². The normalized spacial score (nSPS) is 15.3. The van der Waals surface area contributed by atoms with E-state index in [1.165, 1.54) is 12.1 Å². The topological polar surface area (TPSA) is 71.6 Å². The highest BCUT2D eigenvalue weighted by Crippen LogP contribution is 2.38. The molecule has 0 amide bonds. The molecule has 5 heteroatoms. The van der Waals surface area contributed by atoms with Crippen molar-refractivity contribution in [2.45, 2.75) is 6.92 Å². The number of fused-ring (bicyclic) bond motifs is 2. The number of ketones is 1. The molecule has 0 spiro atoms. The molecule has 0 aliphatic carbocycles. The van der Waals surface area contributed by atoms with Gasteiger partial charge in [-0.25, -0.2) is 0 Å². The Bertz CT molecular complexity index is 1010. The van der Waals surface area contributed by atoms with Gasteiger partial charge in [0.1, 0.15) is 17.2 Å². The maximum Gasteiger partial charge on any atom is 0.232 e. The monoisotopic (exact) mass is 321 g/mol. The van der Waals surface area contributed by atoms with Crippen LogP contribution in [0.4, 0.5) is 0 Å². The number of nitrogens with one attached hydrogen (secondary N) is 1. The third-order valence-corrected chi connectivity index (χ3v) is 4.26. The van der Waals surface area contributed by atoms with Crippen LogP contribution in [0, 0.1) is 0 Å². The molecule has 4 rings (SSSR count). The predicted octanol–water partition coefficient (Wildman–Crippen LogP) is 3.89. The van der Waals surface area contributed by atoms with Crippen molar-refractivity contribution < 1.29 is 19.4 Å². The van der Waals surface area contributed by atoms with Gasteiger partial charge in [-0.2, -0.15) is 0 Å². The van der Waals surface area contributed by atoms with E-state index in [4.69, 9.17) is 9.47 Å². The second-order valence-electron chi connectivity index (χ2n) is 5.68. The molecule has 0 fully saturated rings. The number of aromatic amines is 1. The third-order valence-electron chi connectivity index (χ3n) is 4.26. The number of ether oxygens (including phenoxy) is 2. The number of carbonyl (C=O) groups excluding carboxylic acids is 1. The smallest absolute Gasteiger partial charge is 0.232 e. The SMILES string of the molecule is COc1ccc2[nH]cc(/C(C)=C3\Oc4cc(O)ccc4C3=O)c2c1. The number of H-pyrrole nitrogens is 1. The number of methoxy groups -OCH3 is 1. The minimum atomic E-state index is -0.181. The standard InChI is InChI=1S/C19H15NO4/c1-10(15-9-20-16-6-4-12(23-2)8-14(15)16)19-18(22)13-5-3-11(21)7-17(13)24-19/h3-9,20-21H,1-2H3/b19-10-. The highest BCUT2D eigenvalue weighted by atomic mass is 16.5. The Kier molecular flexibility index (Phi) is 3.09. The molecule has 1 aromatic heterocycles. The molecule has 0 saturated carbocycles. The summed E-state index contributed by atoms with van der Waals surface area (Å²) in [7, 11) is 1.62. The first-order valence-electron chi connectivity index (χ1n) is 7.50. The summed E-state index contributed by atoms with van der Waals surface area (Å²) in [4.78, 5) is 15.8. The predicted molar refractivity (Wildman–Crippen MR) is 90.5 cm³/mol. The molecule has 2 N–H and O–H groups in total. The number of Topliss-reactive ketones (excluding diaryl/α,β-unsaturated/α-hetero) is 1. The van der Waals surface area contributed by atoms with Gasteiger partial charge in [0, 0.05) is 34.3 Å². The summed E-state index contributed by atoms with van der Waals surface area (Å²) in [6.07, 6.45) is 1.85. The number of phenolic OH excluding ortho intramolecular Hbond substituents is 1. The molecule has 1 aliphatic heterocycles. The highest BCUT2D eigenvalue weighted by molar-refractivity contribution is 6.17. The zero-order valence-electron chi connectivity index (χ0n) is 13.2. The van der Waals surface area contributed by atoms with E-state index in [2.05, 4.69) is 4.98 Å². The first-order chi connectivity index (χ1) is 11.6. The van der Waals surface area contributed by atoms with Crippen molar-refractivity contribution in [3.05, 3.63) is 59.5 Å². The summed E-state index contributed by atoms with van der Waals surface area (Å²) in [6, 6.07) is 10.2. The number of hydrogen-bond acceptors (Lipinski definition) is 4. The molecular weight excluding hydrogens is 306 g/mol. The lowest BCUT2D eigenvalue weighted by Gasteiger charge is -2.05. The fourth-order valence-corrected chi connectivity index (χ4v) is 2.97. The van der Waals surface area contributed by atoms with Gasteiger partial charge in [-0.15, -0.1) is 0 Å². The van der Waals surface area contributed by atoms with Gasteiger partial charge in [0.05, 0.1) is 12.7 Å². The summed E-state index contributed by atoms with van der Waals surface area (Å²) in [5.74, 6) is 1.29. The molecule has 120 valence electrons. The van der Waals surface area contributed by atoms with Crippen LogP contribution in [-0.4, -0.2) is 23.0 Å². The number of carbonyl (C=O) groups is 1. The van der Waals surface area contributed by atoms with Crippen molar-refractivity contribution in [1.29, 1.82) is 0 Å². The van der Waals surface area contributed by atoms with Gasteiger partial charge in [-0.1, -0.05) is 0 Å². The Hall–Kier alpha value is -3.21. The lowest BCUT2D eigenvalue weighted by molar-refractivity contribution is 0.101. The van der Waals surface area contributed by atoms with Crippen molar-refractivity contribution in [3.63, 3.8) is 0 Å². The van der Waals surface area contributed by atoms with E-state index in [1.807, 2.05) is 31.3 Å². The molecule has 0 radical (unpaired) electrons. The average Bonchev–Trinajstić information content (AvgIpc) is 3.14. The van der Waals surface area contributed by atoms with Gasteiger partial charge < -0.3 is 19.6 Å². The fraction of sp³-hybridized carbons (Fsp3) is 0.105. The molecule has 3 aromatic rings. The lowest BCUT2D eigenvalue weighted by Crippen LogP contribution is -2.01. The molecule has 24 heavy (non-hydrogen) atoms. The van der Waals surface area contributed by atoms with Crippen molar-refractivity contribution in [1.82, 2.24) is 4.98 Å². The minimum Gasteiger partial charge on any atom is -0.508 e. The Morgan fingerprint density at radius 3 is 2.83 bits per heavy atom. The second-order valence-corrected chi connectivity index (χ2v) is 5.68. The van der Waals surface area contributed by atoms with E-state index < -0.39 is 0 Å². The summed E-state index contributed by atoms with van der Waals surface area (Å²) < 4.78 is 11.0. The Labute approximate surface area is 138 Å². The number of hydrogen-bond donors (Lipinski definition) is 2. The molecule has 0 atom stereocenters. The summed E-state index contributed by atoms with van der Waals surface area (Å²) in [5.41, 5.74) is 3.02. The quantitative estimate of drug-likeness (QED) is 0.703. The molecule has 5 nitrogen and oxygen atoms in total. The number of phenols is 1. The molecule has 0 saturated heterocycles. The zero-order valence-corrected chi connectivity index (χ0v) is 13.2. The van der Waals surface area contributed by atoms with Crippen LogP contribution in [0.25, 0.3) is 16.5 Å². The van der Waals surface area contributed by atoms with E-state index in [9.17, 15) is 9.90 Å². The van der Waals surface area contributed by atoms with Crippen LogP contribution in [0.3, 0.4) is 0 Å². The Morgan fingerprint density at radius 2 is 2.04 bits per heavy atom. The minimum absolute atomic E-state index is 0.0669. The fourth-order valence-electron chi connectivity index (χ4n) is 2.97. The Balaban J connectivity index is 1.86. The van der Waals surface area contributed by atoms with E-state index in [0.717, 1.165) is 27.8 Å². The number of benzene rings is 2. The molecule has 1 aliphatic rings. The molecular formula is C19H15NO4. The van der Waals surface area contributed by atoms with Crippen LogP contribution in [-0.2, 0) is 0 Å². The molecule has 2 heterocycles. The van der Waals surface area contributed by atoms with Gasteiger partial charge in [0.15, 0.2) is 5.76 Å².